The number of benzene rings is 2. The minimum Gasteiger partial charge on any atom is -0.390 e. The van der Waals surface area contributed by atoms with Crippen LogP contribution in [0.1, 0.15) is 23.1 Å². The van der Waals surface area contributed by atoms with Crippen molar-refractivity contribution in [2.75, 3.05) is 0 Å². The van der Waals surface area contributed by atoms with E-state index in [-0.39, 0.29) is 5.56 Å². The van der Waals surface area contributed by atoms with Gasteiger partial charge in [-0.25, -0.2) is 8.78 Å². The summed E-state index contributed by atoms with van der Waals surface area (Å²) in [7, 11) is 0. The molecule has 2 aromatic carbocycles. The number of hydrogen-bond donors (Lipinski definition) is 0. The van der Waals surface area contributed by atoms with Crippen LogP contribution in [0.4, 0.5) is 8.78 Å². The monoisotopic (exact) mass is 260 g/mol. The Kier molecular flexibility index (Phi) is 4.61. The second-order valence-electron chi connectivity index (χ2n) is 3.88. The van der Waals surface area contributed by atoms with Crippen molar-refractivity contribution in [3.63, 3.8) is 0 Å². The Morgan fingerprint density at radius 1 is 1.00 bits per heavy atom. The van der Waals surface area contributed by atoms with E-state index in [2.05, 4.69) is 11.4 Å². The molecule has 2 aromatic rings. The molecule has 0 atom stereocenters. The van der Waals surface area contributed by atoms with Crippen LogP contribution in [0.15, 0.2) is 59.8 Å². The van der Waals surface area contributed by atoms with Crippen LogP contribution in [-0.4, -0.2) is 6.21 Å². The maximum atomic E-state index is 12.3. The van der Waals surface area contributed by atoms with Gasteiger partial charge in [-0.3, -0.25) is 0 Å². The summed E-state index contributed by atoms with van der Waals surface area (Å²) < 4.78 is 24.6. The van der Waals surface area contributed by atoms with E-state index in [1.54, 1.807) is 0 Å². The highest BCUT2D eigenvalue weighted by molar-refractivity contribution is 5.79. The molecule has 0 unspecified atom stereocenters. The molecule has 0 aliphatic carbocycles. The lowest BCUT2D eigenvalue weighted by atomic mass is 10.1. The summed E-state index contributed by atoms with van der Waals surface area (Å²) in [6, 6.07) is 15.3. The Bertz CT molecular complexity index is 524. The molecular formula is C15H12F2NO. The molecule has 2 nitrogen and oxygen atoms in total. The van der Waals surface area contributed by atoms with E-state index in [1.807, 2.05) is 30.3 Å². The average molecular weight is 260 g/mol. The van der Waals surface area contributed by atoms with Crippen molar-refractivity contribution in [2.45, 2.75) is 13.0 Å². The molecule has 0 amide bonds. The van der Waals surface area contributed by atoms with Gasteiger partial charge in [-0.2, -0.15) is 0 Å². The fraction of sp³-hybridized carbons (Fsp3) is 0.133. The number of nitrogens with zero attached hydrogens (tertiary/aromatic N) is 1. The number of halogens is 2. The molecule has 0 heterocycles. The zero-order valence-electron chi connectivity index (χ0n) is 10.1. The summed E-state index contributed by atoms with van der Waals surface area (Å²) in [6.45, 7) is 0.350. The molecular weight excluding hydrogens is 248 g/mol. The van der Waals surface area contributed by atoms with E-state index in [1.165, 1.54) is 24.3 Å². The van der Waals surface area contributed by atoms with E-state index >= 15 is 0 Å². The first-order chi connectivity index (χ1) is 9.25. The highest BCUT2D eigenvalue weighted by atomic mass is 19.3. The van der Waals surface area contributed by atoms with Crippen LogP contribution < -0.4 is 0 Å². The molecule has 97 valence electrons. The second-order valence-corrected chi connectivity index (χ2v) is 3.88. The third-order valence-electron chi connectivity index (χ3n) is 2.48. The average Bonchev–Trinajstić information content (AvgIpc) is 2.45. The van der Waals surface area contributed by atoms with Crippen molar-refractivity contribution in [3.05, 3.63) is 71.3 Å². The van der Waals surface area contributed by atoms with Crippen LogP contribution in [0.5, 0.6) is 0 Å². The molecule has 1 radical (unpaired) electrons. The van der Waals surface area contributed by atoms with Crippen LogP contribution in [0.25, 0.3) is 0 Å². The minimum atomic E-state index is -2.46. The van der Waals surface area contributed by atoms with Crippen LogP contribution in [0, 0.1) is 0 Å². The summed E-state index contributed by atoms with van der Waals surface area (Å²) in [5.74, 6) is 0. The van der Waals surface area contributed by atoms with Gasteiger partial charge in [-0.05, 0) is 5.56 Å². The van der Waals surface area contributed by atoms with E-state index in [0.29, 0.717) is 12.2 Å². The van der Waals surface area contributed by atoms with Crippen molar-refractivity contribution in [3.8, 4) is 0 Å². The summed E-state index contributed by atoms with van der Waals surface area (Å²) >= 11 is 0. The molecule has 4 heteroatoms. The Hall–Kier alpha value is -2.23. The van der Waals surface area contributed by atoms with Crippen molar-refractivity contribution >= 4 is 6.21 Å². The first-order valence-electron chi connectivity index (χ1n) is 5.76. The Morgan fingerprint density at radius 3 is 2.32 bits per heavy atom. The van der Waals surface area contributed by atoms with E-state index < -0.39 is 6.43 Å². The van der Waals surface area contributed by atoms with Gasteiger partial charge in [0.15, 0.2) is 0 Å². The maximum Gasteiger partial charge on any atom is 0.263 e. The molecule has 0 aliphatic rings. The van der Waals surface area contributed by atoms with Crippen molar-refractivity contribution in [2.24, 2.45) is 5.16 Å². The molecule has 0 N–H and O–H groups in total. The quantitative estimate of drug-likeness (QED) is 0.587. The van der Waals surface area contributed by atoms with Crippen LogP contribution in [0.3, 0.4) is 0 Å². The highest BCUT2D eigenvalue weighted by Gasteiger charge is 2.05. The molecule has 19 heavy (non-hydrogen) atoms. The number of hydrogen-bond acceptors (Lipinski definition) is 2. The van der Waals surface area contributed by atoms with Crippen molar-refractivity contribution < 1.29 is 13.6 Å². The van der Waals surface area contributed by atoms with Gasteiger partial charge in [0, 0.05) is 11.1 Å². The summed E-state index contributed by atoms with van der Waals surface area (Å²) in [5.41, 5.74) is 1.58. The number of rotatable bonds is 5. The zero-order valence-corrected chi connectivity index (χ0v) is 10.1. The van der Waals surface area contributed by atoms with Gasteiger partial charge in [0.25, 0.3) is 6.43 Å². The molecule has 0 saturated carbocycles. The fourth-order valence-corrected chi connectivity index (χ4v) is 1.47. The first kappa shape index (κ1) is 13.2. The van der Waals surface area contributed by atoms with E-state index in [4.69, 9.17) is 4.84 Å². The maximum absolute atomic E-state index is 12.3. The number of alkyl halides is 2. The lowest BCUT2D eigenvalue weighted by Crippen LogP contribution is -1.89. The molecule has 2 rings (SSSR count). The predicted octanol–water partition coefficient (Wildman–Crippen LogP) is 4.05. The van der Waals surface area contributed by atoms with Gasteiger partial charge < -0.3 is 4.84 Å². The molecule has 0 aliphatic heterocycles. The predicted molar refractivity (Wildman–Crippen MR) is 69.2 cm³/mol. The summed E-state index contributed by atoms with van der Waals surface area (Å²) in [5, 5.41) is 3.67. The van der Waals surface area contributed by atoms with Gasteiger partial charge in [0.05, 0.1) is 0 Å². The smallest absolute Gasteiger partial charge is 0.263 e. The molecule has 0 bridgehead atoms. The third-order valence-corrected chi connectivity index (χ3v) is 2.48. The zero-order chi connectivity index (χ0) is 13.5. The topological polar surface area (TPSA) is 21.6 Å². The van der Waals surface area contributed by atoms with Gasteiger partial charge in [-0.1, -0.05) is 59.8 Å². The van der Waals surface area contributed by atoms with Gasteiger partial charge >= 0.3 is 0 Å². The molecule has 0 aromatic heterocycles. The highest BCUT2D eigenvalue weighted by Crippen LogP contribution is 2.18. The third kappa shape index (κ3) is 4.17. The van der Waals surface area contributed by atoms with Gasteiger partial charge in [-0.15, -0.1) is 0 Å². The van der Waals surface area contributed by atoms with Gasteiger partial charge in [0.2, 0.25) is 0 Å². The second kappa shape index (κ2) is 6.64. The summed E-state index contributed by atoms with van der Waals surface area (Å²) in [4.78, 5) is 5.07. The van der Waals surface area contributed by atoms with Crippen molar-refractivity contribution in [1.82, 2.24) is 0 Å². The Balaban J connectivity index is 1.85. The van der Waals surface area contributed by atoms with Crippen LogP contribution in [-0.2, 0) is 11.4 Å². The minimum absolute atomic E-state index is 0.0178. The molecule has 0 fully saturated rings. The Morgan fingerprint density at radius 2 is 1.68 bits per heavy atom. The normalized spacial score (nSPS) is 11.1. The first-order valence-corrected chi connectivity index (χ1v) is 5.76. The summed E-state index contributed by atoms with van der Waals surface area (Å²) in [6.07, 6.45) is 0.181. The van der Waals surface area contributed by atoms with Crippen LogP contribution in [0.2, 0.25) is 0 Å². The van der Waals surface area contributed by atoms with Gasteiger partial charge in [0.1, 0.15) is 12.8 Å². The standard InChI is InChI=1S/C15H12F2NO/c16-15(17)14-8-6-12(7-9-14)10-18-19-11-13-4-2-1-3-5-13/h1-9,15H,11H2. The Labute approximate surface area is 110 Å². The lowest BCUT2D eigenvalue weighted by Gasteiger charge is -2.00. The van der Waals surface area contributed by atoms with Crippen molar-refractivity contribution in [1.29, 1.82) is 0 Å². The lowest BCUT2D eigenvalue weighted by molar-refractivity contribution is 0.132. The molecule has 0 saturated heterocycles. The van der Waals surface area contributed by atoms with E-state index in [0.717, 1.165) is 5.56 Å². The largest absolute Gasteiger partial charge is 0.390 e. The SMILES string of the molecule is FC(F)c1ccc(/[C]=N\OCc2ccccc2)cc1. The molecule has 0 spiro atoms. The van der Waals surface area contributed by atoms with E-state index in [9.17, 15) is 8.78 Å². The fourth-order valence-electron chi connectivity index (χ4n) is 1.47. The van der Waals surface area contributed by atoms with Crippen LogP contribution >= 0.6 is 0 Å².